The van der Waals surface area contributed by atoms with Gasteiger partial charge in [-0.05, 0) is 27.3 Å². The van der Waals surface area contributed by atoms with E-state index in [9.17, 15) is 0 Å². The van der Waals surface area contributed by atoms with E-state index in [1.807, 2.05) is 36.4 Å². The number of nitrogens with two attached hydrogens (primary N) is 1. The molecule has 1 unspecified atom stereocenters. The Balaban J connectivity index is 0.000000285. The number of nitrogens with zero attached hydrogens (tertiary/aromatic N) is 1. The number of rotatable bonds is 9. The molecule has 0 amide bonds. The first kappa shape index (κ1) is 30.4. The molecule has 0 bridgehead atoms. The normalized spacial score (nSPS) is 18.1. The fraction of sp³-hybridized carbons (Fsp3) is 0.524. The maximum Gasteiger partial charge on any atom is 0.118 e. The second-order valence-corrected chi connectivity index (χ2v) is 16.8. The van der Waals surface area contributed by atoms with Crippen LogP contribution in [-0.4, -0.2) is 75.9 Å². The third-order valence-electron chi connectivity index (χ3n) is 4.16. The van der Waals surface area contributed by atoms with Gasteiger partial charge in [-0.1, -0.05) is 51.3 Å². The van der Waals surface area contributed by atoms with E-state index in [-0.39, 0.29) is 0 Å². The zero-order valence-electron chi connectivity index (χ0n) is 18.7. The molecule has 0 spiro atoms. The third-order valence-corrected chi connectivity index (χ3v) is 13.0. The van der Waals surface area contributed by atoms with E-state index in [1.165, 1.54) is 0 Å². The molecule has 1 aromatic rings. The molecular formula is C21H35N2O3PS5. The number of benzene rings is 1. The maximum atomic E-state index is 5.66. The van der Waals surface area contributed by atoms with Crippen LogP contribution >= 0.6 is 36.8 Å². The highest BCUT2D eigenvalue weighted by Gasteiger charge is 2.18. The summed E-state index contributed by atoms with van der Waals surface area (Å²) in [7, 11) is 7.06. The van der Waals surface area contributed by atoms with Gasteiger partial charge in [0.1, 0.15) is 5.75 Å². The van der Waals surface area contributed by atoms with Crippen molar-refractivity contribution in [1.29, 1.82) is 0 Å². The molecule has 2 aliphatic rings. The summed E-state index contributed by atoms with van der Waals surface area (Å²) < 4.78 is 17.7. The number of hydrogen-bond donors (Lipinski definition) is 1. The second-order valence-electron chi connectivity index (χ2n) is 6.48. The minimum atomic E-state index is -2.04. The molecule has 5 nitrogen and oxygen atoms in total. The Hall–Kier alpha value is 0.390. The van der Waals surface area contributed by atoms with Gasteiger partial charge in [0.2, 0.25) is 0 Å². The van der Waals surface area contributed by atoms with Crippen molar-refractivity contribution in [2.45, 2.75) is 0 Å². The largest absolute Gasteiger partial charge is 0.727 e. The summed E-state index contributed by atoms with van der Waals surface area (Å²) in [5.41, 5.74) is 0. The van der Waals surface area contributed by atoms with E-state index in [4.69, 9.17) is 38.3 Å². The summed E-state index contributed by atoms with van der Waals surface area (Å²) >= 11 is 11.3. The fourth-order valence-electron chi connectivity index (χ4n) is 2.52. The van der Waals surface area contributed by atoms with Crippen molar-refractivity contribution in [3.05, 3.63) is 49.6 Å². The Morgan fingerprint density at radius 1 is 1.06 bits per heavy atom. The average molecular weight is 555 g/mol. The van der Waals surface area contributed by atoms with Crippen molar-refractivity contribution in [3.8, 4) is 5.75 Å². The van der Waals surface area contributed by atoms with Gasteiger partial charge in [0.15, 0.2) is 0 Å². The predicted octanol–water partition coefficient (Wildman–Crippen LogP) is 3.48. The molecule has 0 aromatic heterocycles. The van der Waals surface area contributed by atoms with Crippen LogP contribution in [0.2, 0.25) is 0 Å². The first-order chi connectivity index (χ1) is 15.6. The van der Waals surface area contributed by atoms with Gasteiger partial charge in [0.25, 0.3) is 0 Å². The first-order valence-corrected chi connectivity index (χ1v) is 18.0. The number of ether oxygens (including phenoxy) is 3. The van der Waals surface area contributed by atoms with Gasteiger partial charge >= 0.3 is 0 Å². The van der Waals surface area contributed by atoms with Crippen LogP contribution in [0.25, 0.3) is 0 Å². The summed E-state index contributed by atoms with van der Waals surface area (Å²) in [5.74, 6) is 2.88. The van der Waals surface area contributed by atoms with Crippen LogP contribution in [0.5, 0.6) is 5.75 Å². The van der Waals surface area contributed by atoms with Gasteiger partial charge in [-0.2, -0.15) is 0 Å². The van der Waals surface area contributed by atoms with Crippen molar-refractivity contribution < 1.29 is 19.5 Å². The number of quaternary nitrogens is 1. The SMILES string of the molecule is C1COCC[NH2+]1.C=CCSSSCC=C.COc1ccc(P(=S)([S-])N2CCOCC2)cc1. The average Bonchev–Trinajstić information content (AvgIpc) is 2.86. The van der Waals surface area contributed by atoms with E-state index < -0.39 is 5.39 Å². The molecule has 11 heteroatoms. The van der Waals surface area contributed by atoms with Crippen LogP contribution in [0.4, 0.5) is 0 Å². The lowest BCUT2D eigenvalue weighted by Crippen LogP contribution is -2.87. The molecule has 0 radical (unpaired) electrons. The molecule has 2 heterocycles. The lowest BCUT2D eigenvalue weighted by molar-refractivity contribution is -0.670. The molecule has 32 heavy (non-hydrogen) atoms. The quantitative estimate of drug-likeness (QED) is 0.163. The molecular weight excluding hydrogens is 520 g/mol. The molecule has 1 atom stereocenters. The molecule has 182 valence electrons. The van der Waals surface area contributed by atoms with Crippen LogP contribution in [0.15, 0.2) is 49.6 Å². The second kappa shape index (κ2) is 19.7. The Morgan fingerprint density at radius 3 is 2.00 bits per heavy atom. The molecule has 2 fully saturated rings. The molecule has 2 N–H and O–H groups in total. The highest BCUT2D eigenvalue weighted by atomic mass is 33.5. The van der Waals surface area contributed by atoms with Crippen LogP contribution in [0, 0.1) is 0 Å². The van der Waals surface area contributed by atoms with Crippen LogP contribution in [0.3, 0.4) is 0 Å². The Bertz CT molecular complexity index is 650. The van der Waals surface area contributed by atoms with E-state index in [0.717, 1.165) is 75.2 Å². The zero-order chi connectivity index (χ0) is 23.5. The molecule has 1 aromatic carbocycles. The smallest absolute Gasteiger partial charge is 0.118 e. The van der Waals surface area contributed by atoms with E-state index in [1.54, 1.807) is 38.5 Å². The summed E-state index contributed by atoms with van der Waals surface area (Å²) in [4.78, 5) is 0. The van der Waals surface area contributed by atoms with Crippen LogP contribution in [0.1, 0.15) is 0 Å². The van der Waals surface area contributed by atoms with Crippen molar-refractivity contribution in [2.75, 3.05) is 71.2 Å². The van der Waals surface area contributed by atoms with Gasteiger partial charge in [-0.15, -0.1) is 25.0 Å². The van der Waals surface area contributed by atoms with Crippen molar-refractivity contribution in [2.24, 2.45) is 0 Å². The third kappa shape index (κ3) is 13.3. The van der Waals surface area contributed by atoms with Crippen molar-refractivity contribution >= 4 is 66.2 Å². The number of morpholine rings is 2. The topological polar surface area (TPSA) is 47.5 Å². The minimum absolute atomic E-state index is 0.727. The summed E-state index contributed by atoms with van der Waals surface area (Å²) in [6, 6.07) is 7.82. The standard InChI is InChI=1S/C11H16NO2PS2.C6H10S3.C4H9NO/c1-13-10-2-4-11(5-3-10)15(16,17)12-6-8-14-9-7-12;1-3-5-7-9-8-6-4-2;1-3-6-4-2-5-1/h2-5H,6-9H2,1H3,(H,16,17);3-4H,1-2,5-6H2;5H,1-4H2. The lowest BCUT2D eigenvalue weighted by atomic mass is 10.3. The van der Waals surface area contributed by atoms with Gasteiger partial charge < -0.3 is 31.8 Å². The van der Waals surface area contributed by atoms with Gasteiger partial charge in [0.05, 0.1) is 46.6 Å². The monoisotopic (exact) mass is 554 g/mol. The minimum Gasteiger partial charge on any atom is -0.727 e. The molecule has 0 aliphatic carbocycles. The summed E-state index contributed by atoms with van der Waals surface area (Å²) in [6.07, 6.45) is 3.82. The molecule has 2 saturated heterocycles. The van der Waals surface area contributed by atoms with E-state index in [0.29, 0.717) is 0 Å². The lowest BCUT2D eigenvalue weighted by Gasteiger charge is -2.43. The maximum absolute atomic E-state index is 5.66. The fourth-order valence-corrected chi connectivity index (χ4v) is 8.87. The number of methoxy groups -OCH3 is 1. The predicted molar refractivity (Wildman–Crippen MR) is 152 cm³/mol. The molecule has 2 aliphatic heterocycles. The Labute approximate surface area is 215 Å². The molecule has 3 rings (SSSR count). The van der Waals surface area contributed by atoms with Crippen LogP contribution < -0.4 is 15.4 Å². The van der Waals surface area contributed by atoms with Crippen LogP contribution in [-0.2, 0) is 33.5 Å². The highest BCUT2D eigenvalue weighted by Crippen LogP contribution is 2.46. The zero-order valence-corrected chi connectivity index (χ0v) is 23.7. The van der Waals surface area contributed by atoms with Gasteiger partial charge in [-0.3, -0.25) is 4.67 Å². The Morgan fingerprint density at radius 2 is 1.59 bits per heavy atom. The first-order valence-electron chi connectivity index (χ1n) is 10.4. The summed E-state index contributed by atoms with van der Waals surface area (Å²) in [5, 5.41) is 1.29. The Kier molecular flexibility index (Phi) is 18.7. The van der Waals surface area contributed by atoms with Crippen molar-refractivity contribution in [3.63, 3.8) is 0 Å². The van der Waals surface area contributed by atoms with Gasteiger partial charge in [-0.25, -0.2) is 0 Å². The number of hydrogen-bond acceptors (Lipinski definition) is 8. The van der Waals surface area contributed by atoms with Crippen molar-refractivity contribution in [1.82, 2.24) is 4.67 Å². The van der Waals surface area contributed by atoms with E-state index >= 15 is 0 Å². The highest BCUT2D eigenvalue weighted by molar-refractivity contribution is 9.09. The van der Waals surface area contributed by atoms with E-state index in [2.05, 4.69) is 23.1 Å². The summed E-state index contributed by atoms with van der Waals surface area (Å²) in [6.45, 7) is 14.6. The van der Waals surface area contributed by atoms with Gasteiger partial charge in [0, 0.05) is 24.6 Å². The molecule has 0 saturated carbocycles.